The summed E-state index contributed by atoms with van der Waals surface area (Å²) in [5.74, 6) is 0.0989. The maximum Gasteiger partial charge on any atom is 0.0671 e. The van der Waals surface area contributed by atoms with E-state index in [0.717, 1.165) is 6.54 Å². The summed E-state index contributed by atoms with van der Waals surface area (Å²) in [5, 5.41) is 8.54. The van der Waals surface area contributed by atoms with Crippen LogP contribution in [0.4, 0.5) is 0 Å². The first-order valence-electron chi connectivity index (χ1n) is 4.89. The largest absolute Gasteiger partial charge is 0.353 e. The molecule has 0 spiro atoms. The molecule has 0 aliphatic heterocycles. The third kappa shape index (κ3) is 6.34. The molecule has 0 saturated carbocycles. The molecule has 1 unspecified atom stereocenters. The number of hydrogen-bond donors (Lipinski definition) is 0. The van der Waals surface area contributed by atoms with E-state index in [-0.39, 0.29) is 5.92 Å². The van der Waals surface area contributed by atoms with E-state index < -0.39 is 0 Å². The Kier molecular flexibility index (Phi) is 6.74. The first kappa shape index (κ1) is 13.2. The zero-order chi connectivity index (χ0) is 11.7. The molecule has 1 heterocycles. The standard InChI is InChI=1S/C9H12N2.C4H6/c1-8-3-4-11(6-8)7-9(2)5-10;1-3-4-2/h3-4,6,9H,7H2,1-2H3;3-4H,1-2H2. The van der Waals surface area contributed by atoms with Gasteiger partial charge < -0.3 is 4.57 Å². The lowest BCUT2D eigenvalue weighted by Gasteiger charge is -2.02. The lowest BCUT2D eigenvalue weighted by molar-refractivity contribution is 0.582. The molecule has 2 nitrogen and oxygen atoms in total. The average Bonchev–Trinajstić information content (AvgIpc) is 2.64. The Morgan fingerprint density at radius 2 is 2.13 bits per heavy atom. The molecular formula is C13H18N2. The highest BCUT2D eigenvalue weighted by molar-refractivity contribution is 5.07. The Morgan fingerprint density at radius 1 is 1.53 bits per heavy atom. The van der Waals surface area contributed by atoms with E-state index in [4.69, 9.17) is 5.26 Å². The van der Waals surface area contributed by atoms with Crippen LogP contribution >= 0.6 is 0 Å². The van der Waals surface area contributed by atoms with Gasteiger partial charge in [0.1, 0.15) is 0 Å². The number of aromatic nitrogens is 1. The minimum atomic E-state index is 0.0989. The van der Waals surface area contributed by atoms with Gasteiger partial charge in [0.2, 0.25) is 0 Å². The van der Waals surface area contributed by atoms with Crippen LogP contribution in [0.3, 0.4) is 0 Å². The Morgan fingerprint density at radius 3 is 2.47 bits per heavy atom. The van der Waals surface area contributed by atoms with E-state index in [2.05, 4.69) is 19.2 Å². The Balaban J connectivity index is 0.000000423. The highest BCUT2D eigenvalue weighted by Gasteiger charge is 1.99. The molecule has 0 radical (unpaired) electrons. The SMILES string of the molecule is C=CC=C.Cc1ccn(CC(C)C#N)c1. The van der Waals surface area contributed by atoms with Crippen molar-refractivity contribution < 1.29 is 0 Å². The molecule has 1 atom stereocenters. The molecule has 0 amide bonds. The van der Waals surface area contributed by atoms with Gasteiger partial charge in [0, 0.05) is 18.9 Å². The molecule has 0 saturated heterocycles. The number of hydrogen-bond acceptors (Lipinski definition) is 1. The zero-order valence-corrected chi connectivity index (χ0v) is 9.48. The van der Waals surface area contributed by atoms with Crippen LogP contribution in [0.2, 0.25) is 0 Å². The maximum absolute atomic E-state index is 8.54. The number of nitriles is 1. The molecule has 15 heavy (non-hydrogen) atoms. The van der Waals surface area contributed by atoms with E-state index in [9.17, 15) is 0 Å². The number of rotatable bonds is 3. The summed E-state index contributed by atoms with van der Waals surface area (Å²) < 4.78 is 2.04. The van der Waals surface area contributed by atoms with Gasteiger partial charge >= 0.3 is 0 Å². The van der Waals surface area contributed by atoms with Gasteiger partial charge in [-0.25, -0.2) is 0 Å². The second-order valence-corrected chi connectivity index (χ2v) is 3.39. The molecule has 0 aliphatic rings. The van der Waals surface area contributed by atoms with Gasteiger partial charge in [0.15, 0.2) is 0 Å². The van der Waals surface area contributed by atoms with E-state index >= 15 is 0 Å². The van der Waals surface area contributed by atoms with Gasteiger partial charge in [-0.2, -0.15) is 5.26 Å². The van der Waals surface area contributed by atoms with E-state index in [1.807, 2.05) is 36.9 Å². The predicted octanol–water partition coefficient (Wildman–Crippen LogP) is 3.31. The topological polar surface area (TPSA) is 28.7 Å². The first-order valence-corrected chi connectivity index (χ1v) is 4.89. The van der Waals surface area contributed by atoms with Crippen molar-refractivity contribution in [2.24, 2.45) is 5.92 Å². The Bertz CT molecular complexity index is 336. The molecule has 0 fully saturated rings. The lowest BCUT2D eigenvalue weighted by atomic mass is 10.2. The number of allylic oxidation sites excluding steroid dienone is 2. The van der Waals surface area contributed by atoms with Crippen LogP contribution in [-0.2, 0) is 6.54 Å². The molecule has 0 N–H and O–H groups in total. The van der Waals surface area contributed by atoms with Crippen LogP contribution in [-0.4, -0.2) is 4.57 Å². The monoisotopic (exact) mass is 202 g/mol. The van der Waals surface area contributed by atoms with Gasteiger partial charge in [0.05, 0.1) is 12.0 Å². The van der Waals surface area contributed by atoms with Crippen molar-refractivity contribution in [3.63, 3.8) is 0 Å². The third-order valence-electron chi connectivity index (χ3n) is 1.77. The van der Waals surface area contributed by atoms with Gasteiger partial charge in [-0.05, 0) is 25.5 Å². The summed E-state index contributed by atoms with van der Waals surface area (Å²) in [6.45, 7) is 11.5. The smallest absolute Gasteiger partial charge is 0.0671 e. The molecular weight excluding hydrogens is 184 g/mol. The van der Waals surface area contributed by atoms with Crippen molar-refractivity contribution in [2.45, 2.75) is 20.4 Å². The number of aryl methyl sites for hydroxylation is 1. The van der Waals surface area contributed by atoms with Crippen molar-refractivity contribution in [3.05, 3.63) is 49.3 Å². The third-order valence-corrected chi connectivity index (χ3v) is 1.77. The van der Waals surface area contributed by atoms with E-state index in [0.29, 0.717) is 0 Å². The van der Waals surface area contributed by atoms with Crippen LogP contribution in [0, 0.1) is 24.2 Å². The molecule has 80 valence electrons. The lowest BCUT2D eigenvalue weighted by Crippen LogP contribution is -2.02. The molecule has 0 bridgehead atoms. The van der Waals surface area contributed by atoms with Crippen molar-refractivity contribution in [1.29, 1.82) is 5.26 Å². The quantitative estimate of drug-likeness (QED) is 0.691. The highest BCUT2D eigenvalue weighted by Crippen LogP contribution is 2.02. The van der Waals surface area contributed by atoms with Crippen LogP contribution in [0.15, 0.2) is 43.8 Å². The first-order chi connectivity index (χ1) is 7.13. The zero-order valence-electron chi connectivity index (χ0n) is 9.48. The van der Waals surface area contributed by atoms with Crippen molar-refractivity contribution in [1.82, 2.24) is 4.57 Å². The minimum absolute atomic E-state index is 0.0989. The van der Waals surface area contributed by atoms with Crippen molar-refractivity contribution >= 4 is 0 Å². The van der Waals surface area contributed by atoms with Crippen LogP contribution in [0.1, 0.15) is 12.5 Å². The van der Waals surface area contributed by atoms with Crippen LogP contribution < -0.4 is 0 Å². The molecule has 0 aliphatic carbocycles. The predicted molar refractivity (Wildman–Crippen MR) is 64.3 cm³/mol. The van der Waals surface area contributed by atoms with Gasteiger partial charge in [-0.3, -0.25) is 0 Å². The summed E-state index contributed by atoms with van der Waals surface area (Å²) >= 11 is 0. The second-order valence-electron chi connectivity index (χ2n) is 3.39. The van der Waals surface area contributed by atoms with Crippen molar-refractivity contribution in [3.8, 4) is 6.07 Å². The summed E-state index contributed by atoms with van der Waals surface area (Å²) in [4.78, 5) is 0. The minimum Gasteiger partial charge on any atom is -0.353 e. The second kappa shape index (κ2) is 7.64. The normalized spacial score (nSPS) is 10.5. The number of nitrogens with zero attached hydrogens (tertiary/aromatic N) is 2. The Hall–Kier alpha value is -1.75. The van der Waals surface area contributed by atoms with Crippen LogP contribution in [0.25, 0.3) is 0 Å². The average molecular weight is 202 g/mol. The highest BCUT2D eigenvalue weighted by atomic mass is 14.9. The molecule has 1 rings (SSSR count). The molecule has 0 aromatic carbocycles. The molecule has 2 heteroatoms. The van der Waals surface area contributed by atoms with E-state index in [1.54, 1.807) is 12.2 Å². The fraction of sp³-hybridized carbons (Fsp3) is 0.308. The summed E-state index contributed by atoms with van der Waals surface area (Å²) in [5.41, 5.74) is 1.25. The summed E-state index contributed by atoms with van der Waals surface area (Å²) in [7, 11) is 0. The van der Waals surface area contributed by atoms with Gasteiger partial charge in [0.25, 0.3) is 0 Å². The van der Waals surface area contributed by atoms with Crippen LogP contribution in [0.5, 0.6) is 0 Å². The summed E-state index contributed by atoms with van der Waals surface area (Å²) in [6.07, 6.45) is 7.33. The fourth-order valence-electron chi connectivity index (χ4n) is 1.03. The molecule has 1 aromatic rings. The van der Waals surface area contributed by atoms with Gasteiger partial charge in [-0.15, -0.1) is 0 Å². The molecule has 1 aromatic heterocycles. The van der Waals surface area contributed by atoms with Crippen molar-refractivity contribution in [2.75, 3.05) is 0 Å². The maximum atomic E-state index is 8.54. The van der Waals surface area contributed by atoms with Gasteiger partial charge in [-0.1, -0.05) is 25.3 Å². The summed E-state index contributed by atoms with van der Waals surface area (Å²) in [6, 6.07) is 4.25. The van der Waals surface area contributed by atoms with E-state index in [1.165, 1.54) is 5.56 Å². The Labute approximate surface area is 92.2 Å². The fourth-order valence-corrected chi connectivity index (χ4v) is 1.03.